The third kappa shape index (κ3) is 11.9. The number of carbonyl (C=O) groups is 4. The van der Waals surface area contributed by atoms with Gasteiger partial charge in [0.05, 0.1) is 13.2 Å². The molecule has 0 aliphatic heterocycles. The fourth-order valence-electron chi connectivity index (χ4n) is 4.45. The molecule has 0 aliphatic carbocycles. The van der Waals surface area contributed by atoms with Crippen LogP contribution in [0.4, 0.5) is 4.79 Å². The molecule has 4 atom stereocenters. The fourth-order valence-corrected chi connectivity index (χ4v) is 4.45. The van der Waals surface area contributed by atoms with Gasteiger partial charge in [-0.3, -0.25) is 9.59 Å². The van der Waals surface area contributed by atoms with Crippen LogP contribution in [0, 0.1) is 0 Å². The molecule has 0 aliphatic rings. The summed E-state index contributed by atoms with van der Waals surface area (Å²) in [7, 11) is 1.14. The minimum absolute atomic E-state index is 0.0226. The number of methoxy groups -OCH3 is 1. The number of alkyl carbamates (subject to hydrolysis) is 1. The number of hydrogen-bond donors (Lipinski definition) is 4. The Labute approximate surface area is 269 Å². The van der Waals surface area contributed by atoms with Crippen LogP contribution in [0.2, 0.25) is 0 Å². The molecule has 0 saturated heterocycles. The zero-order valence-electron chi connectivity index (χ0n) is 26.8. The van der Waals surface area contributed by atoms with Crippen molar-refractivity contribution < 1.29 is 38.5 Å². The van der Waals surface area contributed by atoms with Crippen LogP contribution in [-0.4, -0.2) is 65.9 Å². The second kappa shape index (κ2) is 17.0. The Morgan fingerprint density at radius 1 is 0.717 bits per heavy atom. The molecule has 0 unspecified atom stereocenters. The summed E-state index contributed by atoms with van der Waals surface area (Å²) in [6, 6.07) is 22.1. The van der Waals surface area contributed by atoms with E-state index in [4.69, 9.17) is 14.2 Å². The first-order valence-corrected chi connectivity index (χ1v) is 15.0. The Balaban J connectivity index is 1.83. The van der Waals surface area contributed by atoms with Crippen LogP contribution < -0.4 is 20.7 Å². The molecule has 0 spiro atoms. The number of hydrogen-bond acceptors (Lipinski definition) is 8. The monoisotopic (exact) mass is 633 g/mol. The summed E-state index contributed by atoms with van der Waals surface area (Å²) in [5.74, 6) is -1.61. The lowest BCUT2D eigenvalue weighted by molar-refractivity contribution is -0.148. The van der Waals surface area contributed by atoms with E-state index in [1.54, 1.807) is 45.0 Å². The first-order valence-electron chi connectivity index (χ1n) is 15.0. The molecule has 0 saturated carbocycles. The number of carbonyl (C=O) groups excluding carboxylic acids is 4. The summed E-state index contributed by atoms with van der Waals surface area (Å²) in [6.07, 6.45) is -1.93. The van der Waals surface area contributed by atoms with Gasteiger partial charge in [0.1, 0.15) is 30.0 Å². The van der Waals surface area contributed by atoms with Gasteiger partial charge in [0.2, 0.25) is 11.8 Å². The van der Waals surface area contributed by atoms with E-state index >= 15 is 0 Å². The standard InChI is InChI=1S/C35H43N3O8/c1-23(39)30(33(42)44-5)38-32(41)28(21-25-16-18-27(19-17-25)45-22-26-14-10-7-11-15-26)36-31(40)29(20-24-12-8-6-9-13-24)37-34(43)46-35(2,3)4/h6-19,23,28-30,39H,20-22H2,1-5H3,(H,36,40)(H,37,43)(H,38,41)/t23-,28-,29-,30-/m1/s1. The van der Waals surface area contributed by atoms with E-state index in [9.17, 15) is 24.3 Å². The molecule has 246 valence electrons. The summed E-state index contributed by atoms with van der Waals surface area (Å²) >= 11 is 0. The highest BCUT2D eigenvalue weighted by Gasteiger charge is 2.33. The molecule has 3 rings (SSSR count). The Morgan fingerprint density at radius 2 is 1.22 bits per heavy atom. The van der Waals surface area contributed by atoms with Crippen LogP contribution in [0.3, 0.4) is 0 Å². The number of aliphatic hydroxyl groups excluding tert-OH is 1. The third-order valence-electron chi connectivity index (χ3n) is 6.77. The molecule has 11 nitrogen and oxygen atoms in total. The van der Waals surface area contributed by atoms with Gasteiger partial charge in [-0.15, -0.1) is 0 Å². The van der Waals surface area contributed by atoms with E-state index in [1.165, 1.54) is 6.92 Å². The highest BCUT2D eigenvalue weighted by molar-refractivity contribution is 5.93. The predicted octanol–water partition coefficient (Wildman–Crippen LogP) is 3.47. The van der Waals surface area contributed by atoms with Crippen LogP contribution in [-0.2, 0) is 43.3 Å². The fraction of sp³-hybridized carbons (Fsp3) is 0.371. The van der Waals surface area contributed by atoms with Crippen molar-refractivity contribution in [2.45, 2.75) is 77.0 Å². The summed E-state index contributed by atoms with van der Waals surface area (Å²) in [6.45, 7) is 6.83. The lowest BCUT2D eigenvalue weighted by Gasteiger charge is -2.27. The van der Waals surface area contributed by atoms with Crippen LogP contribution in [0.25, 0.3) is 0 Å². The van der Waals surface area contributed by atoms with Gasteiger partial charge in [-0.1, -0.05) is 72.8 Å². The second-order valence-corrected chi connectivity index (χ2v) is 11.8. The maximum atomic E-state index is 13.7. The Hall–Kier alpha value is -4.90. The third-order valence-corrected chi connectivity index (χ3v) is 6.77. The van der Waals surface area contributed by atoms with E-state index in [0.29, 0.717) is 17.9 Å². The molecule has 3 aromatic rings. The van der Waals surface area contributed by atoms with Crippen LogP contribution in [0.1, 0.15) is 44.4 Å². The zero-order valence-corrected chi connectivity index (χ0v) is 26.8. The Morgan fingerprint density at radius 3 is 1.74 bits per heavy atom. The first kappa shape index (κ1) is 35.6. The summed E-state index contributed by atoms with van der Waals surface area (Å²) in [4.78, 5) is 52.2. The predicted molar refractivity (Wildman–Crippen MR) is 172 cm³/mol. The number of amides is 3. The summed E-state index contributed by atoms with van der Waals surface area (Å²) in [5.41, 5.74) is 1.65. The van der Waals surface area contributed by atoms with Gasteiger partial charge in [0, 0.05) is 12.8 Å². The maximum absolute atomic E-state index is 13.7. The van der Waals surface area contributed by atoms with Gasteiger partial charge in [-0.25, -0.2) is 9.59 Å². The normalized spacial score (nSPS) is 13.7. The summed E-state index contributed by atoms with van der Waals surface area (Å²) in [5, 5.41) is 18.0. The van der Waals surface area contributed by atoms with E-state index in [0.717, 1.165) is 18.2 Å². The Kier molecular flexibility index (Phi) is 13.1. The summed E-state index contributed by atoms with van der Waals surface area (Å²) < 4.78 is 16.0. The van der Waals surface area contributed by atoms with E-state index in [1.807, 2.05) is 60.7 Å². The van der Waals surface area contributed by atoms with Crippen molar-refractivity contribution in [2.75, 3.05) is 7.11 Å². The van der Waals surface area contributed by atoms with Crippen molar-refractivity contribution in [2.24, 2.45) is 0 Å². The molecule has 0 radical (unpaired) electrons. The molecule has 0 heterocycles. The van der Waals surface area contributed by atoms with Crippen LogP contribution in [0.5, 0.6) is 5.75 Å². The van der Waals surface area contributed by atoms with E-state index in [-0.39, 0.29) is 12.8 Å². The molecular weight excluding hydrogens is 590 g/mol. The second-order valence-electron chi connectivity index (χ2n) is 11.8. The SMILES string of the molecule is COC(=O)[C@H](NC(=O)[C@@H](Cc1ccc(OCc2ccccc2)cc1)NC(=O)[C@@H](Cc1ccccc1)NC(=O)OC(C)(C)C)[C@@H](C)O. The zero-order chi connectivity index (χ0) is 33.7. The number of ether oxygens (including phenoxy) is 3. The molecule has 3 amide bonds. The van der Waals surface area contributed by atoms with Crippen molar-refractivity contribution in [1.82, 2.24) is 16.0 Å². The largest absolute Gasteiger partial charge is 0.489 e. The lowest BCUT2D eigenvalue weighted by atomic mass is 10.0. The number of nitrogens with one attached hydrogen (secondary N) is 3. The number of esters is 1. The average molecular weight is 634 g/mol. The van der Waals surface area contributed by atoms with Crippen LogP contribution in [0.15, 0.2) is 84.9 Å². The van der Waals surface area contributed by atoms with Gasteiger partial charge >= 0.3 is 12.1 Å². The van der Waals surface area contributed by atoms with Gasteiger partial charge in [0.25, 0.3) is 0 Å². The highest BCUT2D eigenvalue weighted by atomic mass is 16.6. The molecule has 0 aromatic heterocycles. The van der Waals surface area contributed by atoms with Crippen molar-refractivity contribution in [3.63, 3.8) is 0 Å². The van der Waals surface area contributed by atoms with Gasteiger partial charge in [-0.05, 0) is 56.5 Å². The number of aliphatic hydroxyl groups is 1. The van der Waals surface area contributed by atoms with Crippen molar-refractivity contribution in [3.8, 4) is 5.75 Å². The lowest BCUT2D eigenvalue weighted by Crippen LogP contribution is -2.58. The first-order chi connectivity index (χ1) is 21.8. The Bertz CT molecular complexity index is 1420. The molecule has 3 aromatic carbocycles. The molecule has 0 bridgehead atoms. The number of benzene rings is 3. The van der Waals surface area contributed by atoms with Gasteiger partial charge in [0.15, 0.2) is 6.04 Å². The number of rotatable bonds is 14. The molecule has 11 heteroatoms. The van der Waals surface area contributed by atoms with Gasteiger partial charge in [-0.2, -0.15) is 0 Å². The van der Waals surface area contributed by atoms with Crippen LogP contribution >= 0.6 is 0 Å². The average Bonchev–Trinajstić information content (AvgIpc) is 3.02. The molecular formula is C35H43N3O8. The molecule has 0 fully saturated rings. The minimum Gasteiger partial charge on any atom is -0.489 e. The van der Waals surface area contributed by atoms with Gasteiger partial charge < -0.3 is 35.3 Å². The minimum atomic E-state index is -1.37. The quantitative estimate of drug-likeness (QED) is 0.197. The smallest absolute Gasteiger partial charge is 0.408 e. The molecule has 4 N–H and O–H groups in total. The van der Waals surface area contributed by atoms with E-state index in [2.05, 4.69) is 16.0 Å². The van der Waals surface area contributed by atoms with E-state index < -0.39 is 53.7 Å². The highest BCUT2D eigenvalue weighted by Crippen LogP contribution is 2.16. The molecule has 46 heavy (non-hydrogen) atoms. The maximum Gasteiger partial charge on any atom is 0.408 e. The van der Waals surface area contributed by atoms with Crippen molar-refractivity contribution in [3.05, 3.63) is 102 Å². The van der Waals surface area contributed by atoms with Crippen molar-refractivity contribution >= 4 is 23.9 Å². The topological polar surface area (TPSA) is 152 Å². The van der Waals surface area contributed by atoms with Crippen molar-refractivity contribution in [1.29, 1.82) is 0 Å².